The molecule has 0 aliphatic heterocycles. The van der Waals surface area contributed by atoms with Crippen LogP contribution >= 0.6 is 23.1 Å². The van der Waals surface area contributed by atoms with Gasteiger partial charge >= 0.3 is 5.97 Å². The minimum absolute atomic E-state index is 0.249. The molecule has 4 rings (SSSR count). The number of hydrogen-bond acceptors (Lipinski definition) is 6. The average Bonchev–Trinajstić information content (AvgIpc) is 3.17. The number of hydrogen-bond donors (Lipinski definition) is 0. The van der Waals surface area contributed by atoms with Crippen molar-refractivity contribution in [2.24, 2.45) is 0 Å². The smallest absolute Gasteiger partial charge is 0.318 e. The molecule has 25 heavy (non-hydrogen) atoms. The maximum Gasteiger partial charge on any atom is 0.318 e. The van der Waals surface area contributed by atoms with Gasteiger partial charge in [-0.15, -0.1) is 0 Å². The maximum absolute atomic E-state index is 11.8. The summed E-state index contributed by atoms with van der Waals surface area (Å²) in [5.41, 5.74) is 4.29. The van der Waals surface area contributed by atoms with Gasteiger partial charge in [-0.3, -0.25) is 4.79 Å². The quantitative estimate of drug-likeness (QED) is 0.395. The highest BCUT2D eigenvalue weighted by Crippen LogP contribution is 2.38. The van der Waals surface area contributed by atoms with Gasteiger partial charge in [0.05, 0.1) is 18.1 Å². The number of thioether (sulfide) groups is 1. The molecule has 1 unspecified atom stereocenters. The molecule has 0 aliphatic rings. The molecule has 0 bridgehead atoms. The van der Waals surface area contributed by atoms with Crippen LogP contribution in [0.4, 0.5) is 0 Å². The summed E-state index contributed by atoms with van der Waals surface area (Å²) in [5, 5.41) is 1.67. The molecule has 0 aromatic carbocycles. The van der Waals surface area contributed by atoms with E-state index in [0.717, 1.165) is 36.8 Å². The lowest BCUT2D eigenvalue weighted by molar-refractivity contribution is -0.139. The number of nitrogens with zero attached hydrogens (tertiary/aromatic N) is 3. The molecule has 0 radical (unpaired) electrons. The summed E-state index contributed by atoms with van der Waals surface area (Å²) in [5.74, 6) is -0.249. The molecule has 0 spiro atoms. The first-order valence-corrected chi connectivity index (χ1v) is 9.61. The van der Waals surface area contributed by atoms with Crippen molar-refractivity contribution >= 4 is 55.1 Å². The van der Waals surface area contributed by atoms with Gasteiger partial charge in [0, 0.05) is 17.3 Å². The van der Waals surface area contributed by atoms with Gasteiger partial charge in [0.25, 0.3) is 0 Å². The molecule has 0 saturated heterocycles. The van der Waals surface area contributed by atoms with E-state index >= 15 is 0 Å². The van der Waals surface area contributed by atoms with E-state index in [4.69, 9.17) is 9.72 Å². The second kappa shape index (κ2) is 6.00. The fourth-order valence-electron chi connectivity index (χ4n) is 3.08. The molecule has 5 nitrogen and oxygen atoms in total. The van der Waals surface area contributed by atoms with Gasteiger partial charge in [0.2, 0.25) is 0 Å². The van der Waals surface area contributed by atoms with Crippen LogP contribution in [0.15, 0.2) is 29.4 Å². The molecule has 4 aromatic heterocycles. The average molecular weight is 371 g/mol. The topological polar surface area (TPSA) is 56.5 Å². The summed E-state index contributed by atoms with van der Waals surface area (Å²) in [6.07, 6.45) is 2.04. The van der Waals surface area contributed by atoms with Crippen LogP contribution in [0.2, 0.25) is 0 Å². The lowest BCUT2D eigenvalue weighted by Crippen LogP contribution is -2.15. The summed E-state index contributed by atoms with van der Waals surface area (Å²) in [6, 6.07) is 6.13. The monoisotopic (exact) mass is 371 g/mol. The van der Waals surface area contributed by atoms with Crippen molar-refractivity contribution in [1.29, 1.82) is 0 Å². The van der Waals surface area contributed by atoms with E-state index in [-0.39, 0.29) is 11.2 Å². The Labute approximate surface area is 153 Å². The molecule has 1 atom stereocenters. The van der Waals surface area contributed by atoms with E-state index in [1.165, 1.54) is 24.4 Å². The van der Waals surface area contributed by atoms with Gasteiger partial charge in [0.1, 0.15) is 19.9 Å². The SMILES string of the molecule is COC(=O)C(C)Sc1nc2sc3nc(C)cc(C)c3c2n2cccc12. The van der Waals surface area contributed by atoms with Gasteiger partial charge in [-0.25, -0.2) is 9.97 Å². The Kier molecular flexibility index (Phi) is 3.92. The van der Waals surface area contributed by atoms with Crippen LogP contribution in [0.25, 0.3) is 26.1 Å². The fourth-order valence-corrected chi connectivity index (χ4v) is 5.26. The van der Waals surface area contributed by atoms with Crippen molar-refractivity contribution in [2.45, 2.75) is 31.0 Å². The van der Waals surface area contributed by atoms with Gasteiger partial charge in [-0.2, -0.15) is 0 Å². The standard InChI is InChI=1S/C18H17N3O2S2/c1-9-8-10(2)19-16-13(9)14-17(25-16)20-15(12-6-5-7-21(12)14)24-11(3)18(22)23-4/h5-8,11H,1-4H3. The summed E-state index contributed by atoms with van der Waals surface area (Å²) < 4.78 is 6.99. The third kappa shape index (κ3) is 2.58. The third-order valence-electron chi connectivity index (χ3n) is 4.18. The van der Waals surface area contributed by atoms with E-state index in [9.17, 15) is 4.79 Å². The molecule has 0 N–H and O–H groups in total. The molecule has 0 aliphatic carbocycles. The van der Waals surface area contributed by atoms with Crippen LogP contribution < -0.4 is 0 Å². The summed E-state index contributed by atoms with van der Waals surface area (Å²) in [6.45, 7) is 5.96. The highest BCUT2D eigenvalue weighted by molar-refractivity contribution is 8.00. The third-order valence-corrected chi connectivity index (χ3v) is 6.21. The zero-order chi connectivity index (χ0) is 17.7. The normalized spacial score (nSPS) is 13.0. The number of carbonyl (C=O) groups is 1. The van der Waals surface area contributed by atoms with E-state index in [0.29, 0.717) is 0 Å². The van der Waals surface area contributed by atoms with Crippen LogP contribution in [-0.2, 0) is 9.53 Å². The molecule has 4 aromatic rings. The molecule has 128 valence electrons. The Morgan fingerprint density at radius 2 is 2.12 bits per heavy atom. The van der Waals surface area contributed by atoms with E-state index < -0.39 is 0 Å². The fraction of sp³-hybridized carbons (Fsp3) is 0.278. The Morgan fingerprint density at radius 1 is 1.32 bits per heavy atom. The highest BCUT2D eigenvalue weighted by atomic mass is 32.2. The number of esters is 1. The minimum Gasteiger partial charge on any atom is -0.468 e. The molecule has 4 heterocycles. The lowest BCUT2D eigenvalue weighted by atomic mass is 10.1. The molecule has 0 amide bonds. The minimum atomic E-state index is -0.315. The number of thiophene rings is 1. The predicted molar refractivity (Wildman–Crippen MR) is 103 cm³/mol. The number of aromatic nitrogens is 3. The van der Waals surface area contributed by atoms with Crippen LogP contribution in [0.3, 0.4) is 0 Å². The molecule has 0 fully saturated rings. The van der Waals surface area contributed by atoms with Gasteiger partial charge in [0.15, 0.2) is 0 Å². The maximum atomic E-state index is 11.8. The number of pyridine rings is 1. The van der Waals surface area contributed by atoms with Gasteiger partial charge < -0.3 is 9.14 Å². The molecular formula is C18H17N3O2S2. The molecule has 7 heteroatoms. The summed E-state index contributed by atoms with van der Waals surface area (Å²) in [4.78, 5) is 23.3. The number of rotatable bonds is 3. The predicted octanol–water partition coefficient (Wildman–Crippen LogP) is 4.37. The largest absolute Gasteiger partial charge is 0.468 e. The van der Waals surface area contributed by atoms with Crippen LogP contribution in [0.1, 0.15) is 18.2 Å². The number of carbonyl (C=O) groups excluding carboxylic acids is 1. The van der Waals surface area contributed by atoms with Crippen molar-refractivity contribution < 1.29 is 9.53 Å². The Morgan fingerprint density at radius 3 is 2.88 bits per heavy atom. The number of ether oxygens (including phenoxy) is 1. The van der Waals surface area contributed by atoms with E-state index in [1.54, 1.807) is 11.3 Å². The van der Waals surface area contributed by atoms with Crippen molar-refractivity contribution in [2.75, 3.05) is 7.11 Å². The summed E-state index contributed by atoms with van der Waals surface area (Å²) in [7, 11) is 1.41. The zero-order valence-electron chi connectivity index (χ0n) is 14.4. The first kappa shape index (κ1) is 16.4. The van der Waals surface area contributed by atoms with Gasteiger partial charge in [-0.05, 0) is 44.5 Å². The Bertz CT molecular complexity index is 1130. The molecule has 0 saturated carbocycles. The van der Waals surface area contributed by atoms with Gasteiger partial charge in [-0.1, -0.05) is 23.1 Å². The first-order chi connectivity index (χ1) is 12.0. The zero-order valence-corrected chi connectivity index (χ0v) is 16.0. The van der Waals surface area contributed by atoms with Crippen molar-refractivity contribution in [3.05, 3.63) is 35.7 Å². The number of aryl methyl sites for hydroxylation is 2. The Balaban J connectivity index is 2.00. The van der Waals surface area contributed by atoms with Crippen LogP contribution in [0.5, 0.6) is 0 Å². The van der Waals surface area contributed by atoms with Crippen molar-refractivity contribution in [1.82, 2.24) is 14.4 Å². The molecular weight excluding hydrogens is 354 g/mol. The first-order valence-electron chi connectivity index (χ1n) is 7.91. The second-order valence-electron chi connectivity index (χ2n) is 5.98. The van der Waals surface area contributed by atoms with Crippen LogP contribution in [-0.4, -0.2) is 32.7 Å². The van der Waals surface area contributed by atoms with Crippen LogP contribution in [0, 0.1) is 13.8 Å². The van der Waals surface area contributed by atoms with Crippen molar-refractivity contribution in [3.63, 3.8) is 0 Å². The van der Waals surface area contributed by atoms with Crippen molar-refractivity contribution in [3.8, 4) is 0 Å². The summed E-state index contributed by atoms with van der Waals surface area (Å²) >= 11 is 3.01. The second-order valence-corrected chi connectivity index (χ2v) is 8.29. The van der Waals surface area contributed by atoms with E-state index in [2.05, 4.69) is 22.4 Å². The number of methoxy groups -OCH3 is 1. The number of fused-ring (bicyclic) bond motifs is 5. The van der Waals surface area contributed by atoms with E-state index in [1.807, 2.05) is 32.2 Å². The Hall–Kier alpha value is -2.12. The lowest BCUT2D eigenvalue weighted by Gasteiger charge is -2.10. The highest BCUT2D eigenvalue weighted by Gasteiger charge is 2.21.